The van der Waals surface area contributed by atoms with Gasteiger partial charge < -0.3 is 10.1 Å². The van der Waals surface area contributed by atoms with E-state index in [9.17, 15) is 13.2 Å². The van der Waals surface area contributed by atoms with E-state index in [1.807, 2.05) is 31.2 Å². The molecule has 1 amide bonds. The minimum atomic E-state index is -3.50. The number of hydrogen-bond acceptors (Lipinski definition) is 4. The van der Waals surface area contributed by atoms with Crippen LogP contribution < -0.4 is 14.4 Å². The second kappa shape index (κ2) is 10.1. The molecule has 0 radical (unpaired) electrons. The number of amides is 1. The Hall–Kier alpha value is -2.54. The van der Waals surface area contributed by atoms with Crippen molar-refractivity contribution >= 4 is 27.3 Å². The number of para-hydroxylation sites is 2. The molecule has 0 unspecified atom stereocenters. The van der Waals surface area contributed by atoms with Crippen molar-refractivity contribution in [1.82, 2.24) is 0 Å². The number of benzene rings is 2. The van der Waals surface area contributed by atoms with E-state index in [2.05, 4.69) is 12.2 Å². The molecule has 0 atom stereocenters. The zero-order valence-corrected chi connectivity index (χ0v) is 17.5. The van der Waals surface area contributed by atoms with Gasteiger partial charge in [-0.15, -0.1) is 0 Å². The molecule has 28 heavy (non-hydrogen) atoms. The Balaban J connectivity index is 2.00. The molecule has 2 aromatic rings. The highest BCUT2D eigenvalue weighted by molar-refractivity contribution is 7.92. The van der Waals surface area contributed by atoms with Crippen molar-refractivity contribution in [2.75, 3.05) is 29.0 Å². The number of sulfonamides is 1. The molecule has 0 fully saturated rings. The van der Waals surface area contributed by atoms with Crippen molar-refractivity contribution in [3.63, 3.8) is 0 Å². The maximum atomic E-state index is 12.3. The Kier molecular flexibility index (Phi) is 7.87. The standard InChI is InChI=1S/C21H28N2O4S/c1-4-17-12-14-18(15-13-17)22-21(24)11-8-16-23(28(3,25)26)19-9-6-7-10-20(19)27-5-2/h6-7,9-10,12-15H,4-5,8,11,16H2,1-3H3,(H,22,24). The first kappa shape index (κ1) is 21.8. The third-order valence-electron chi connectivity index (χ3n) is 4.25. The van der Waals surface area contributed by atoms with Crippen molar-refractivity contribution in [3.8, 4) is 5.75 Å². The molecular formula is C21H28N2O4S. The quantitative estimate of drug-likeness (QED) is 0.653. The molecule has 2 rings (SSSR count). The maximum absolute atomic E-state index is 12.3. The number of aryl methyl sites for hydroxylation is 1. The Labute approximate surface area is 167 Å². The normalized spacial score (nSPS) is 11.1. The van der Waals surface area contributed by atoms with E-state index in [0.29, 0.717) is 24.5 Å². The number of ether oxygens (including phenoxy) is 1. The zero-order chi connectivity index (χ0) is 20.6. The van der Waals surface area contributed by atoms with Crippen LogP contribution in [0.5, 0.6) is 5.75 Å². The van der Waals surface area contributed by atoms with Gasteiger partial charge in [-0.1, -0.05) is 31.2 Å². The Morgan fingerprint density at radius 3 is 2.36 bits per heavy atom. The van der Waals surface area contributed by atoms with Gasteiger partial charge in [0.05, 0.1) is 18.6 Å². The average molecular weight is 405 g/mol. The van der Waals surface area contributed by atoms with Gasteiger partial charge in [0, 0.05) is 18.7 Å². The molecule has 0 saturated carbocycles. The van der Waals surface area contributed by atoms with Crippen LogP contribution in [0.2, 0.25) is 0 Å². The van der Waals surface area contributed by atoms with Crippen LogP contribution in [0, 0.1) is 0 Å². The summed E-state index contributed by atoms with van der Waals surface area (Å²) in [5, 5.41) is 2.85. The highest BCUT2D eigenvalue weighted by Gasteiger charge is 2.21. The lowest BCUT2D eigenvalue weighted by molar-refractivity contribution is -0.116. The van der Waals surface area contributed by atoms with Gasteiger partial charge in [0.1, 0.15) is 5.75 Å². The van der Waals surface area contributed by atoms with Crippen molar-refractivity contribution in [2.45, 2.75) is 33.1 Å². The van der Waals surface area contributed by atoms with Gasteiger partial charge in [0.25, 0.3) is 0 Å². The van der Waals surface area contributed by atoms with Crippen LogP contribution in [-0.4, -0.2) is 33.7 Å². The number of rotatable bonds is 10. The second-order valence-electron chi connectivity index (χ2n) is 6.44. The van der Waals surface area contributed by atoms with E-state index in [-0.39, 0.29) is 18.9 Å². The molecule has 0 aromatic heterocycles. The second-order valence-corrected chi connectivity index (χ2v) is 8.34. The molecule has 0 aliphatic heterocycles. The third-order valence-corrected chi connectivity index (χ3v) is 5.43. The number of carbonyl (C=O) groups excluding carboxylic acids is 1. The van der Waals surface area contributed by atoms with Crippen LogP contribution in [0.4, 0.5) is 11.4 Å². The summed E-state index contributed by atoms with van der Waals surface area (Å²) in [5.41, 5.74) is 2.43. The Morgan fingerprint density at radius 1 is 1.07 bits per heavy atom. The summed E-state index contributed by atoms with van der Waals surface area (Å²) in [6.07, 6.45) is 2.72. The fourth-order valence-corrected chi connectivity index (χ4v) is 3.81. The SMILES string of the molecule is CCOc1ccccc1N(CCCC(=O)Nc1ccc(CC)cc1)S(C)(=O)=O. The first-order valence-corrected chi connectivity index (χ1v) is 11.3. The zero-order valence-electron chi connectivity index (χ0n) is 16.6. The van der Waals surface area contributed by atoms with E-state index in [1.165, 1.54) is 9.87 Å². The Morgan fingerprint density at radius 2 is 1.75 bits per heavy atom. The highest BCUT2D eigenvalue weighted by Crippen LogP contribution is 2.30. The van der Waals surface area contributed by atoms with Gasteiger partial charge in [0.15, 0.2) is 0 Å². The summed E-state index contributed by atoms with van der Waals surface area (Å²) in [6.45, 7) is 4.56. The molecule has 0 saturated heterocycles. The predicted octanol–water partition coefficient (Wildman–Crippen LogP) is 3.83. The van der Waals surface area contributed by atoms with Gasteiger partial charge in [-0.3, -0.25) is 9.10 Å². The largest absolute Gasteiger partial charge is 0.492 e. The van der Waals surface area contributed by atoms with Crippen LogP contribution in [0.1, 0.15) is 32.3 Å². The predicted molar refractivity (Wildman–Crippen MR) is 113 cm³/mol. The molecule has 2 aromatic carbocycles. The maximum Gasteiger partial charge on any atom is 0.232 e. The van der Waals surface area contributed by atoms with Gasteiger partial charge in [-0.25, -0.2) is 8.42 Å². The van der Waals surface area contributed by atoms with Crippen LogP contribution in [-0.2, 0) is 21.2 Å². The Bertz CT molecular complexity index is 880. The summed E-state index contributed by atoms with van der Waals surface area (Å²) in [4.78, 5) is 12.2. The van der Waals surface area contributed by atoms with Gasteiger partial charge >= 0.3 is 0 Å². The fraction of sp³-hybridized carbons (Fsp3) is 0.381. The summed E-state index contributed by atoms with van der Waals surface area (Å²) in [7, 11) is -3.50. The molecule has 0 heterocycles. The van der Waals surface area contributed by atoms with Gasteiger partial charge in [-0.2, -0.15) is 0 Å². The number of nitrogens with one attached hydrogen (secondary N) is 1. The first-order valence-electron chi connectivity index (χ1n) is 9.43. The molecule has 6 nitrogen and oxygen atoms in total. The van der Waals surface area contributed by atoms with Crippen LogP contribution >= 0.6 is 0 Å². The lowest BCUT2D eigenvalue weighted by atomic mass is 10.1. The number of carbonyl (C=O) groups is 1. The minimum Gasteiger partial charge on any atom is -0.492 e. The van der Waals surface area contributed by atoms with Gasteiger partial charge in [0.2, 0.25) is 15.9 Å². The van der Waals surface area contributed by atoms with Crippen molar-refractivity contribution in [2.24, 2.45) is 0 Å². The smallest absolute Gasteiger partial charge is 0.232 e. The van der Waals surface area contributed by atoms with E-state index >= 15 is 0 Å². The fourth-order valence-electron chi connectivity index (χ4n) is 2.84. The van der Waals surface area contributed by atoms with Crippen molar-refractivity contribution in [3.05, 3.63) is 54.1 Å². The third kappa shape index (κ3) is 6.27. The van der Waals surface area contributed by atoms with E-state index in [0.717, 1.165) is 18.4 Å². The first-order chi connectivity index (χ1) is 13.3. The monoisotopic (exact) mass is 404 g/mol. The van der Waals surface area contributed by atoms with Crippen LogP contribution in [0.15, 0.2) is 48.5 Å². The number of anilines is 2. The molecular weight excluding hydrogens is 376 g/mol. The van der Waals surface area contributed by atoms with Crippen LogP contribution in [0.25, 0.3) is 0 Å². The average Bonchev–Trinajstić information content (AvgIpc) is 2.66. The highest BCUT2D eigenvalue weighted by atomic mass is 32.2. The van der Waals surface area contributed by atoms with E-state index < -0.39 is 10.0 Å². The van der Waals surface area contributed by atoms with Crippen molar-refractivity contribution < 1.29 is 17.9 Å². The lowest BCUT2D eigenvalue weighted by Crippen LogP contribution is -2.31. The lowest BCUT2D eigenvalue weighted by Gasteiger charge is -2.24. The summed E-state index contributed by atoms with van der Waals surface area (Å²) < 4.78 is 31.4. The molecule has 0 aliphatic rings. The minimum absolute atomic E-state index is 0.143. The summed E-state index contributed by atoms with van der Waals surface area (Å²) in [5.74, 6) is 0.367. The molecule has 1 N–H and O–H groups in total. The van der Waals surface area contributed by atoms with Crippen molar-refractivity contribution in [1.29, 1.82) is 0 Å². The number of nitrogens with zero attached hydrogens (tertiary/aromatic N) is 1. The molecule has 0 bridgehead atoms. The number of hydrogen-bond donors (Lipinski definition) is 1. The molecule has 0 aliphatic carbocycles. The van der Waals surface area contributed by atoms with Crippen LogP contribution in [0.3, 0.4) is 0 Å². The molecule has 7 heteroatoms. The molecule has 152 valence electrons. The van der Waals surface area contributed by atoms with E-state index in [4.69, 9.17) is 4.74 Å². The summed E-state index contributed by atoms with van der Waals surface area (Å²) >= 11 is 0. The topological polar surface area (TPSA) is 75.7 Å². The van der Waals surface area contributed by atoms with E-state index in [1.54, 1.807) is 24.3 Å². The summed E-state index contributed by atoms with van der Waals surface area (Å²) in [6, 6.07) is 14.7. The molecule has 0 spiro atoms. The van der Waals surface area contributed by atoms with Gasteiger partial charge in [-0.05, 0) is 49.6 Å².